The van der Waals surface area contributed by atoms with Gasteiger partial charge in [-0.3, -0.25) is 4.98 Å². The van der Waals surface area contributed by atoms with Gasteiger partial charge in [0.05, 0.1) is 4.79 Å². The van der Waals surface area contributed by atoms with Gasteiger partial charge in [0.15, 0.2) is 0 Å². The average molecular weight is 602 g/mol. The number of aryl methyl sites for hydroxylation is 1. The highest BCUT2D eigenvalue weighted by Crippen LogP contribution is 1.92. The summed E-state index contributed by atoms with van der Waals surface area (Å²) in [4.78, 5) is 12.3. The number of thiophene rings is 1. The van der Waals surface area contributed by atoms with Gasteiger partial charge in [0.25, 0.3) is 22.4 Å². The fourth-order valence-corrected chi connectivity index (χ4v) is 1.29. The van der Waals surface area contributed by atoms with Crippen molar-refractivity contribution >= 4 is 85.7 Å². The van der Waals surface area contributed by atoms with Crippen LogP contribution in [0.5, 0.6) is 0 Å². The van der Waals surface area contributed by atoms with Gasteiger partial charge in [-0.05, 0) is 29.3 Å². The summed E-state index contributed by atoms with van der Waals surface area (Å²) in [6, 6.07) is 10.0. The molecule has 0 aromatic carbocycles. The van der Waals surface area contributed by atoms with Crippen LogP contribution >= 0.6 is 11.3 Å². The summed E-state index contributed by atoms with van der Waals surface area (Å²) in [6.07, 6.45) is 2.85. The van der Waals surface area contributed by atoms with E-state index in [0.29, 0.717) is 6.47 Å². The van der Waals surface area contributed by atoms with E-state index in [0.717, 1.165) is 12.1 Å². The van der Waals surface area contributed by atoms with E-state index in [1.165, 1.54) is 0 Å². The fourth-order valence-electron chi connectivity index (χ4n) is 0.834. The highest BCUT2D eigenvalue weighted by Gasteiger charge is 1.81. The van der Waals surface area contributed by atoms with Crippen LogP contribution < -0.4 is 0 Å². The summed E-state index contributed by atoms with van der Waals surface area (Å²) in [5.74, 6) is 0. The molecule has 2 aromatic heterocycles. The Labute approximate surface area is 219 Å². The van der Waals surface area contributed by atoms with E-state index >= 15 is 0 Å². The largest absolute Gasteiger partial charge is 0.794 e. The number of rotatable bonds is 1. The minimum absolute atomic E-state index is 0. The predicted octanol–water partition coefficient (Wildman–Crippen LogP) is -1.86. The Morgan fingerprint density at radius 1 is 0.969 bits per heavy atom. The van der Waals surface area contributed by atoms with E-state index < -0.39 is 23.1 Å². The molecule has 19 heteroatoms. The Hall–Kier alpha value is -1.45. The predicted molar refractivity (Wildman–Crippen MR) is 142 cm³/mol. The lowest BCUT2D eigenvalue weighted by molar-refractivity contribution is 0.437. The lowest BCUT2D eigenvalue weighted by Gasteiger charge is -1.88. The van der Waals surface area contributed by atoms with Crippen molar-refractivity contribution in [3.63, 3.8) is 0 Å². The van der Waals surface area contributed by atoms with Gasteiger partial charge in [-0.15, -0.1) is 0 Å². The number of nitrogens with zero attached hydrogens (tertiary/aromatic N) is 1. The number of thiol groups is 1. The van der Waals surface area contributed by atoms with Gasteiger partial charge in [-0.25, -0.2) is 5.11 Å². The lowest BCUT2D eigenvalue weighted by Crippen LogP contribution is -1.81. The summed E-state index contributed by atoms with van der Waals surface area (Å²) >= 11 is 14.4. The summed E-state index contributed by atoms with van der Waals surface area (Å²) in [5.41, 5.74) is 1.16. The molecule has 0 aliphatic rings. The Balaban J connectivity index is -0.0000000160. The zero-order chi connectivity index (χ0) is 21.5. The van der Waals surface area contributed by atoms with Crippen molar-refractivity contribution in [3.05, 3.63) is 53.0 Å². The second-order valence-corrected chi connectivity index (χ2v) is 3.78. The molecular formula is C13H31NO11S7+2. The number of hydrogen-bond acceptors (Lipinski definition) is 10. The van der Waals surface area contributed by atoms with E-state index in [-0.39, 0.29) is 36.2 Å². The molecule has 0 fully saturated rings. The molecule has 12 nitrogen and oxygen atoms in total. The molecule has 0 radical (unpaired) electrons. The number of pyridine rings is 1. The molecule has 2 heterocycles. The number of hydrogen-bond donors (Lipinski definition) is 1. The first-order valence-corrected chi connectivity index (χ1v) is 10.8. The van der Waals surface area contributed by atoms with E-state index in [2.05, 4.69) is 56.7 Å². The second kappa shape index (κ2) is 99.6. The smallest absolute Gasteiger partial charge is 0.412 e. The molecular weight excluding hydrogens is 571 g/mol. The topological polar surface area (TPSA) is 276 Å². The normalized spacial score (nSPS) is 4.78. The molecule has 0 aliphatic carbocycles. The van der Waals surface area contributed by atoms with Gasteiger partial charge in [0.2, 0.25) is 0 Å². The van der Waals surface area contributed by atoms with Gasteiger partial charge < -0.3 is 27.4 Å². The van der Waals surface area contributed by atoms with Crippen molar-refractivity contribution in [2.75, 3.05) is 0 Å². The summed E-state index contributed by atoms with van der Waals surface area (Å²) in [6.45, 7) is 2.60. The monoisotopic (exact) mass is 601 g/mol. The molecule has 11 N–H and O–H groups in total. The van der Waals surface area contributed by atoms with Crippen molar-refractivity contribution < 1.29 is 55.5 Å². The van der Waals surface area contributed by atoms with Crippen LogP contribution in [-0.2, 0) is 79.1 Å². The number of aromatic nitrogens is 1. The molecule has 2 aromatic rings. The first-order chi connectivity index (χ1) is 12.7. The maximum atomic E-state index is 8.29. The Bertz CT molecular complexity index is 518. The average Bonchev–Trinajstić information content (AvgIpc) is 3.28. The van der Waals surface area contributed by atoms with Crippen molar-refractivity contribution in [2.45, 2.75) is 20.8 Å². The van der Waals surface area contributed by atoms with Crippen LogP contribution in [0.15, 0.2) is 47.3 Å². The zero-order valence-electron chi connectivity index (χ0n) is 15.7. The van der Waals surface area contributed by atoms with Crippen LogP contribution in [0.1, 0.15) is 21.5 Å². The van der Waals surface area contributed by atoms with Gasteiger partial charge in [0.1, 0.15) is 0 Å². The van der Waals surface area contributed by atoms with Crippen LogP contribution in [0.25, 0.3) is 0 Å². The fraction of sp³-hybridized carbons (Fsp3) is 0.231. The quantitative estimate of drug-likeness (QED) is 0.216. The van der Waals surface area contributed by atoms with Gasteiger partial charge in [-0.2, -0.15) is 28.2 Å². The molecule has 0 amide bonds. The molecule has 0 aliphatic heterocycles. The standard InChI is InChI=1S/C7H9N.C4H4S.CHO2.CH4.2O2S.5H2O.2S2.H2/c1-2-7-5-3-4-6-8-7;1-2-4-5-3-1;2-1-3;;2*1-3-2;;;;;;2*1-2;/h3-6H,2H2,1H3;1-4H;(H,2,3);1H4;;;5*1H2;;;1H/q;;+1;;;;;;;;;;;/p+1. The first-order valence-electron chi connectivity index (χ1n) is 5.75. The molecule has 32 heavy (non-hydrogen) atoms. The SMILES string of the molecule is C.CCc1ccccn1.O.O.O.O.O.O=S=O.O=S=O.O=[C+]O.S=S.S=[SH+].[HH].c1ccsc1. The molecule has 0 saturated carbocycles. The minimum atomic E-state index is -0.750. The van der Waals surface area contributed by atoms with E-state index in [9.17, 15) is 0 Å². The molecule has 0 atom stereocenters. The highest BCUT2D eigenvalue weighted by atomic mass is 32.8. The molecule has 0 unspecified atom stereocenters. The summed E-state index contributed by atoms with van der Waals surface area (Å²) in [7, 11) is 0. The lowest BCUT2D eigenvalue weighted by atomic mass is 10.3. The molecule has 2 rings (SSSR count). The third-order valence-corrected chi connectivity index (χ3v) is 2.14. The molecule has 0 bridgehead atoms. The van der Waals surface area contributed by atoms with Crippen molar-refractivity contribution in [3.8, 4) is 0 Å². The van der Waals surface area contributed by atoms with Gasteiger partial charge in [0, 0.05) is 35.7 Å². The third-order valence-electron chi connectivity index (χ3n) is 1.51. The Morgan fingerprint density at radius 2 is 1.28 bits per heavy atom. The van der Waals surface area contributed by atoms with Crippen LogP contribution in [0.2, 0.25) is 0 Å². The van der Waals surface area contributed by atoms with Crippen molar-refractivity contribution in [1.82, 2.24) is 4.98 Å². The van der Waals surface area contributed by atoms with Gasteiger partial charge >= 0.3 is 29.6 Å². The maximum Gasteiger partial charge on any atom is 0.794 e. The zero-order valence-corrected chi connectivity index (χ0v) is 21.5. The summed E-state index contributed by atoms with van der Waals surface area (Å²) in [5, 5.41) is 10.8. The number of aliphatic hydroxyl groups excluding tert-OH is 1. The maximum absolute atomic E-state index is 8.29. The third kappa shape index (κ3) is 118. The van der Waals surface area contributed by atoms with Crippen LogP contribution in [-0.4, -0.2) is 60.8 Å². The highest BCUT2D eigenvalue weighted by molar-refractivity contribution is 8.07. The molecule has 0 spiro atoms. The van der Waals surface area contributed by atoms with E-state index in [1.54, 1.807) is 11.3 Å². The summed E-state index contributed by atoms with van der Waals surface area (Å²) < 4.78 is 33.2. The van der Waals surface area contributed by atoms with E-state index in [1.807, 2.05) is 47.3 Å². The van der Waals surface area contributed by atoms with Crippen molar-refractivity contribution in [2.24, 2.45) is 0 Å². The minimum Gasteiger partial charge on any atom is -0.412 e. The van der Waals surface area contributed by atoms with E-state index in [4.69, 9.17) is 26.7 Å². The Morgan fingerprint density at radius 3 is 1.41 bits per heavy atom. The second-order valence-electron chi connectivity index (χ2n) is 2.70. The van der Waals surface area contributed by atoms with Gasteiger partial charge in [-0.1, -0.05) is 32.5 Å². The van der Waals surface area contributed by atoms with Crippen LogP contribution in [0.4, 0.5) is 0 Å². The Kier molecular flexibility index (Phi) is 217. The van der Waals surface area contributed by atoms with Crippen LogP contribution in [0, 0.1) is 0 Å². The van der Waals surface area contributed by atoms with Crippen molar-refractivity contribution in [1.29, 1.82) is 0 Å². The first kappa shape index (κ1) is 69.8. The molecule has 194 valence electrons. The van der Waals surface area contributed by atoms with Crippen LogP contribution in [0.3, 0.4) is 0 Å². The molecule has 0 saturated heterocycles.